The van der Waals surface area contributed by atoms with Gasteiger partial charge in [0, 0.05) is 32.7 Å². The predicted octanol–water partition coefficient (Wildman–Crippen LogP) is 17.4. The van der Waals surface area contributed by atoms with Crippen molar-refractivity contribution in [3.63, 3.8) is 0 Å². The zero-order chi connectivity index (χ0) is 43.3. The topological polar surface area (TPSA) is 31.0 Å². The summed E-state index contributed by atoms with van der Waals surface area (Å²) >= 11 is 0. The molecule has 0 aliphatic heterocycles. The average molecular weight is 839 g/mol. The van der Waals surface area contributed by atoms with Crippen LogP contribution in [-0.2, 0) is 0 Å². The molecular formula is C63H38N2O. The smallest absolute Gasteiger partial charge is 0.136 e. The van der Waals surface area contributed by atoms with E-state index < -0.39 is 0 Å². The third kappa shape index (κ3) is 5.73. The lowest BCUT2D eigenvalue weighted by Crippen LogP contribution is -1.98. The Morgan fingerprint density at radius 3 is 1.52 bits per heavy atom. The van der Waals surface area contributed by atoms with Crippen molar-refractivity contribution >= 4 is 86.8 Å². The molecule has 0 radical (unpaired) electrons. The van der Waals surface area contributed by atoms with Crippen LogP contribution >= 0.6 is 0 Å². The number of aromatic nitrogens is 2. The van der Waals surface area contributed by atoms with E-state index in [1.54, 1.807) is 0 Å². The van der Waals surface area contributed by atoms with Gasteiger partial charge in [-0.05, 0) is 132 Å². The summed E-state index contributed by atoms with van der Waals surface area (Å²) in [6.45, 7) is 0. The van der Waals surface area contributed by atoms with Crippen LogP contribution in [-0.4, -0.2) is 9.55 Å². The highest BCUT2D eigenvalue weighted by atomic mass is 16.3. The largest absolute Gasteiger partial charge is 0.456 e. The number of fused-ring (bicyclic) bond motifs is 13. The summed E-state index contributed by atoms with van der Waals surface area (Å²) in [6, 6.07) is 83.7. The number of para-hydroxylation sites is 1. The number of pyridine rings is 1. The molecule has 3 heteroatoms. The fourth-order valence-electron chi connectivity index (χ4n) is 10.5. The second kappa shape index (κ2) is 14.4. The first kappa shape index (κ1) is 36.7. The molecule has 14 aromatic rings. The van der Waals surface area contributed by atoms with Gasteiger partial charge in [0.05, 0.1) is 28.1 Å². The molecule has 306 valence electrons. The van der Waals surface area contributed by atoms with Crippen molar-refractivity contribution in [1.82, 2.24) is 9.55 Å². The molecule has 0 fully saturated rings. The van der Waals surface area contributed by atoms with Gasteiger partial charge in [-0.15, -0.1) is 0 Å². The van der Waals surface area contributed by atoms with E-state index in [0.717, 1.165) is 72.3 Å². The van der Waals surface area contributed by atoms with E-state index in [1.807, 2.05) is 12.1 Å². The quantitative estimate of drug-likeness (QED) is 0.162. The minimum atomic E-state index is 0.901. The lowest BCUT2D eigenvalue weighted by atomic mass is 9.91. The molecule has 3 heterocycles. The van der Waals surface area contributed by atoms with Gasteiger partial charge in [0.15, 0.2) is 0 Å². The molecular weight excluding hydrogens is 801 g/mol. The summed E-state index contributed by atoms with van der Waals surface area (Å²) in [6.07, 6.45) is 0. The van der Waals surface area contributed by atoms with Gasteiger partial charge in [-0.25, -0.2) is 4.98 Å². The van der Waals surface area contributed by atoms with Crippen molar-refractivity contribution in [3.05, 3.63) is 231 Å². The summed E-state index contributed by atoms with van der Waals surface area (Å²) in [7, 11) is 0. The minimum Gasteiger partial charge on any atom is -0.456 e. The van der Waals surface area contributed by atoms with Gasteiger partial charge in [-0.3, -0.25) is 0 Å². The van der Waals surface area contributed by atoms with Crippen LogP contribution in [0, 0.1) is 0 Å². The Bertz CT molecular complexity index is 4220. The van der Waals surface area contributed by atoms with Crippen LogP contribution < -0.4 is 0 Å². The van der Waals surface area contributed by atoms with Crippen molar-refractivity contribution in [1.29, 1.82) is 0 Å². The van der Waals surface area contributed by atoms with Crippen LogP contribution in [0.3, 0.4) is 0 Å². The number of rotatable bonds is 5. The van der Waals surface area contributed by atoms with Crippen molar-refractivity contribution in [3.8, 4) is 50.5 Å². The average Bonchev–Trinajstić information content (AvgIpc) is 3.93. The maximum atomic E-state index is 6.35. The minimum absolute atomic E-state index is 0.901. The fourth-order valence-corrected chi connectivity index (χ4v) is 10.5. The first-order chi connectivity index (χ1) is 32.7. The number of nitrogens with zero attached hydrogens (tertiary/aromatic N) is 2. The van der Waals surface area contributed by atoms with Gasteiger partial charge < -0.3 is 8.98 Å². The summed E-state index contributed by atoms with van der Waals surface area (Å²) < 4.78 is 8.82. The zero-order valence-electron chi connectivity index (χ0n) is 35.7. The lowest BCUT2D eigenvalue weighted by Gasteiger charge is -2.15. The molecule has 66 heavy (non-hydrogen) atoms. The molecule has 0 aliphatic carbocycles. The summed E-state index contributed by atoms with van der Waals surface area (Å²) in [5.41, 5.74) is 13.9. The van der Waals surface area contributed by atoms with Crippen LogP contribution in [0.2, 0.25) is 0 Å². The molecule has 3 nitrogen and oxygen atoms in total. The van der Waals surface area contributed by atoms with Crippen molar-refractivity contribution in [2.24, 2.45) is 0 Å². The molecule has 11 aromatic carbocycles. The van der Waals surface area contributed by atoms with Gasteiger partial charge in [0.2, 0.25) is 0 Å². The normalized spacial score (nSPS) is 11.9. The maximum absolute atomic E-state index is 6.35. The first-order valence-corrected chi connectivity index (χ1v) is 22.6. The molecule has 0 N–H and O–H groups in total. The molecule has 3 aromatic heterocycles. The predicted molar refractivity (Wildman–Crippen MR) is 278 cm³/mol. The van der Waals surface area contributed by atoms with Gasteiger partial charge in [0.25, 0.3) is 0 Å². The van der Waals surface area contributed by atoms with Crippen LogP contribution in [0.15, 0.2) is 235 Å². The Kier molecular flexibility index (Phi) is 7.98. The standard InChI is InChI=1S/C63H38N2O/c1-3-14-40(15-4-1)58-35-47(36-59(64-58)41-16-5-2-6-17-41)65-60-30-27-45(43-24-23-39-13-7-8-18-42(39)31-43)33-56(60)57-37-54-49-20-10-9-19-48(49)53-32-44(25-28-50(53)55(54)38-61(57)65)46-26-29-52-51-21-11-12-22-62(51)66-63(52)34-46/h1-38H. The molecule has 0 amide bonds. The highest BCUT2D eigenvalue weighted by Crippen LogP contribution is 2.44. The molecule has 14 rings (SSSR count). The van der Waals surface area contributed by atoms with E-state index in [9.17, 15) is 0 Å². The van der Waals surface area contributed by atoms with Crippen LogP contribution in [0.1, 0.15) is 0 Å². The van der Waals surface area contributed by atoms with Crippen LogP contribution in [0.5, 0.6) is 0 Å². The van der Waals surface area contributed by atoms with E-state index in [0.29, 0.717) is 0 Å². The number of benzene rings is 11. The van der Waals surface area contributed by atoms with E-state index in [2.05, 4.69) is 223 Å². The molecule has 0 bridgehead atoms. The Morgan fingerprint density at radius 1 is 0.273 bits per heavy atom. The summed E-state index contributed by atoms with van der Waals surface area (Å²) in [4.78, 5) is 5.29. The second-order valence-electron chi connectivity index (χ2n) is 17.5. The van der Waals surface area contributed by atoms with Crippen molar-refractivity contribution in [2.45, 2.75) is 0 Å². The van der Waals surface area contributed by atoms with E-state index in [-0.39, 0.29) is 0 Å². The van der Waals surface area contributed by atoms with Gasteiger partial charge >= 0.3 is 0 Å². The summed E-state index contributed by atoms with van der Waals surface area (Å²) in [5.74, 6) is 0. The Labute approximate surface area is 380 Å². The Hall–Kier alpha value is -8.79. The number of hydrogen-bond acceptors (Lipinski definition) is 2. The highest BCUT2D eigenvalue weighted by molar-refractivity contribution is 6.29. The highest BCUT2D eigenvalue weighted by Gasteiger charge is 2.20. The van der Waals surface area contributed by atoms with Crippen LogP contribution in [0.4, 0.5) is 0 Å². The fraction of sp³-hybridized carbons (Fsp3) is 0. The number of hydrogen-bond donors (Lipinski definition) is 0. The third-order valence-corrected chi connectivity index (χ3v) is 13.7. The van der Waals surface area contributed by atoms with E-state index in [1.165, 1.54) is 65.0 Å². The van der Waals surface area contributed by atoms with Crippen LogP contribution in [0.25, 0.3) is 137 Å². The van der Waals surface area contributed by atoms with E-state index in [4.69, 9.17) is 9.40 Å². The van der Waals surface area contributed by atoms with Gasteiger partial charge in [-0.2, -0.15) is 0 Å². The Morgan fingerprint density at radius 2 is 0.773 bits per heavy atom. The lowest BCUT2D eigenvalue weighted by molar-refractivity contribution is 0.669. The zero-order valence-corrected chi connectivity index (χ0v) is 35.7. The monoisotopic (exact) mass is 838 g/mol. The molecule has 0 spiro atoms. The third-order valence-electron chi connectivity index (χ3n) is 13.7. The van der Waals surface area contributed by atoms with Gasteiger partial charge in [-0.1, -0.05) is 164 Å². The van der Waals surface area contributed by atoms with E-state index >= 15 is 0 Å². The molecule has 0 unspecified atom stereocenters. The maximum Gasteiger partial charge on any atom is 0.136 e. The SMILES string of the molecule is c1ccc(-c2cc(-n3c4ccc(-c5ccc6ccccc6c5)cc4c4cc5c6ccccc6c6cc(-c7ccc8c(c7)oc7ccccc78)ccc6c5cc43)cc(-c3ccccc3)n2)cc1. The Balaban J connectivity index is 1.05. The first-order valence-electron chi connectivity index (χ1n) is 22.6. The molecule has 0 atom stereocenters. The number of furan rings is 1. The van der Waals surface area contributed by atoms with Crippen molar-refractivity contribution in [2.75, 3.05) is 0 Å². The molecule has 0 saturated carbocycles. The summed E-state index contributed by atoms with van der Waals surface area (Å²) in [5, 5.41) is 14.5. The van der Waals surface area contributed by atoms with Gasteiger partial charge in [0.1, 0.15) is 11.2 Å². The second-order valence-corrected chi connectivity index (χ2v) is 17.5. The molecule has 0 aliphatic rings. The molecule has 0 saturated heterocycles. The van der Waals surface area contributed by atoms with Crippen molar-refractivity contribution < 1.29 is 4.42 Å².